The highest BCUT2D eigenvalue weighted by atomic mass is 35.5. The fraction of sp³-hybridized carbons (Fsp3) is 0.300. The van der Waals surface area contributed by atoms with Crippen molar-refractivity contribution in [1.29, 1.82) is 0 Å². The molecule has 238 valence electrons. The molecule has 3 amide bonds. The first-order chi connectivity index (χ1) is 21.1. The minimum atomic E-state index is -4.81. The van der Waals surface area contributed by atoms with Gasteiger partial charge in [-0.1, -0.05) is 60.1 Å². The zero-order valence-corrected chi connectivity index (χ0v) is 24.0. The second-order valence-electron chi connectivity index (χ2n) is 10.2. The van der Waals surface area contributed by atoms with Crippen LogP contribution in [-0.4, -0.2) is 46.9 Å². The summed E-state index contributed by atoms with van der Waals surface area (Å²) in [5, 5.41) is 2.55. The Balaban J connectivity index is 1.81. The topological polar surface area (TPSA) is 118 Å². The maximum atomic E-state index is 14.1. The van der Waals surface area contributed by atoms with Crippen molar-refractivity contribution in [1.82, 2.24) is 10.3 Å². The highest BCUT2D eigenvalue weighted by Gasteiger charge is 2.41. The van der Waals surface area contributed by atoms with Gasteiger partial charge in [-0.15, -0.1) is 0 Å². The second-order valence-corrected chi connectivity index (χ2v) is 10.6. The van der Waals surface area contributed by atoms with Crippen molar-refractivity contribution in [3.63, 3.8) is 0 Å². The minimum Gasteiger partial charge on any atom is -0.369 e. The van der Waals surface area contributed by atoms with Crippen molar-refractivity contribution >= 4 is 46.5 Å². The van der Waals surface area contributed by atoms with Crippen molar-refractivity contribution < 1.29 is 40.7 Å². The molecule has 8 nitrogen and oxygen atoms in total. The average Bonchev–Trinajstić information content (AvgIpc) is 3.08. The first-order valence-electron chi connectivity index (χ1n) is 13.6. The van der Waals surface area contributed by atoms with Crippen molar-refractivity contribution in [3.8, 4) is 0 Å². The van der Waals surface area contributed by atoms with Crippen LogP contribution < -0.4 is 16.0 Å². The van der Waals surface area contributed by atoms with Crippen LogP contribution in [0.2, 0.25) is 5.02 Å². The number of carbonyl (C=O) groups is 3. The van der Waals surface area contributed by atoms with Gasteiger partial charge in [0.25, 0.3) is 5.91 Å². The third kappa shape index (κ3) is 8.59. The summed E-state index contributed by atoms with van der Waals surface area (Å²) >= 11 is 5.99. The van der Waals surface area contributed by atoms with Gasteiger partial charge in [-0.25, -0.2) is 9.98 Å². The van der Waals surface area contributed by atoms with Gasteiger partial charge in [-0.3, -0.25) is 19.3 Å². The number of carbonyl (C=O) groups excluding carboxylic acids is 3. The minimum absolute atomic E-state index is 0.0643. The molecule has 4 rings (SSSR count). The Morgan fingerprint density at radius 2 is 1.49 bits per heavy atom. The van der Waals surface area contributed by atoms with Crippen LogP contribution >= 0.6 is 11.6 Å². The van der Waals surface area contributed by atoms with Crippen LogP contribution in [0.5, 0.6) is 0 Å². The van der Waals surface area contributed by atoms with Crippen LogP contribution in [0.3, 0.4) is 0 Å². The zero-order chi connectivity index (χ0) is 32.9. The number of fused-ring (bicyclic) bond motifs is 1. The highest BCUT2D eigenvalue weighted by Crippen LogP contribution is 2.35. The number of primary amides is 1. The number of aliphatic imine (C=N–C) groups is 1. The quantitative estimate of drug-likeness (QED) is 0.257. The number of para-hydroxylation sites is 1. The van der Waals surface area contributed by atoms with E-state index in [4.69, 9.17) is 17.3 Å². The lowest BCUT2D eigenvalue weighted by molar-refractivity contribution is -0.152. The van der Waals surface area contributed by atoms with Gasteiger partial charge >= 0.3 is 12.4 Å². The Hall–Kier alpha value is -4.46. The fourth-order valence-corrected chi connectivity index (χ4v) is 5.07. The van der Waals surface area contributed by atoms with Gasteiger partial charge in [0.2, 0.25) is 18.0 Å². The van der Waals surface area contributed by atoms with Gasteiger partial charge in [0.1, 0.15) is 5.82 Å². The van der Waals surface area contributed by atoms with Gasteiger partial charge in [0, 0.05) is 42.0 Å². The van der Waals surface area contributed by atoms with Crippen molar-refractivity contribution in [2.24, 2.45) is 22.6 Å². The van der Waals surface area contributed by atoms with E-state index in [1.165, 1.54) is 18.3 Å². The number of pyridine rings is 1. The monoisotopic (exact) mass is 653 g/mol. The molecule has 45 heavy (non-hydrogen) atoms. The number of benzene rings is 2. The van der Waals surface area contributed by atoms with Gasteiger partial charge < -0.3 is 11.1 Å². The number of amides is 3. The smallest absolute Gasteiger partial charge is 0.369 e. The van der Waals surface area contributed by atoms with Crippen molar-refractivity contribution in [2.45, 2.75) is 44.2 Å². The molecule has 1 aliphatic heterocycles. The molecule has 0 bridgehead atoms. The number of anilines is 2. The van der Waals surface area contributed by atoms with Gasteiger partial charge in [0.15, 0.2) is 0 Å². The van der Waals surface area contributed by atoms with E-state index in [-0.39, 0.29) is 16.6 Å². The molecule has 0 saturated heterocycles. The molecular formula is C30H26ClF6N5O3. The molecular weight excluding hydrogens is 628 g/mol. The number of hydrogen-bond acceptors (Lipinski definition) is 5. The molecule has 1 aliphatic rings. The van der Waals surface area contributed by atoms with E-state index < -0.39 is 73.8 Å². The zero-order valence-electron chi connectivity index (χ0n) is 23.3. The summed E-state index contributed by atoms with van der Waals surface area (Å²) < 4.78 is 78.8. The molecule has 3 N–H and O–H groups in total. The Kier molecular flexibility index (Phi) is 10.2. The lowest BCUT2D eigenvalue weighted by atomic mass is 9.83. The lowest BCUT2D eigenvalue weighted by Gasteiger charge is -2.28. The number of nitrogens with two attached hydrogens (primary N) is 1. The van der Waals surface area contributed by atoms with Gasteiger partial charge in [0.05, 0.1) is 16.4 Å². The third-order valence-electron chi connectivity index (χ3n) is 7.05. The summed E-state index contributed by atoms with van der Waals surface area (Å²) in [4.78, 5) is 49.8. The number of alkyl halides is 6. The first kappa shape index (κ1) is 33.4. The Morgan fingerprint density at radius 3 is 2.07 bits per heavy atom. The summed E-state index contributed by atoms with van der Waals surface area (Å²) in [6.07, 6.45) is -15.4. The number of nitrogens with one attached hydrogen (secondary N) is 1. The molecule has 0 spiro atoms. The normalized spacial score (nSPS) is 16.7. The summed E-state index contributed by atoms with van der Waals surface area (Å²) in [6, 6.07) is 18.0. The van der Waals surface area contributed by atoms with E-state index >= 15 is 0 Å². The van der Waals surface area contributed by atoms with E-state index in [1.54, 1.807) is 54.6 Å². The number of rotatable bonds is 10. The molecule has 3 aromatic rings. The third-order valence-corrected chi connectivity index (χ3v) is 7.27. The maximum Gasteiger partial charge on any atom is 0.389 e. The lowest BCUT2D eigenvalue weighted by Crippen LogP contribution is -2.50. The van der Waals surface area contributed by atoms with E-state index in [0.717, 1.165) is 4.90 Å². The largest absolute Gasteiger partial charge is 0.389 e. The van der Waals surface area contributed by atoms with E-state index in [0.29, 0.717) is 16.8 Å². The van der Waals surface area contributed by atoms with Crippen molar-refractivity contribution in [3.05, 3.63) is 89.1 Å². The number of hydrogen-bond donors (Lipinski definition) is 2. The van der Waals surface area contributed by atoms with Gasteiger partial charge in [-0.05, 0) is 31.0 Å². The van der Waals surface area contributed by atoms with E-state index in [1.807, 2.05) is 0 Å². The predicted molar refractivity (Wildman–Crippen MR) is 154 cm³/mol. The number of nitrogens with zero attached hydrogens (tertiary/aromatic N) is 3. The number of aromatic nitrogens is 1. The summed E-state index contributed by atoms with van der Waals surface area (Å²) in [6.45, 7) is 0. The molecule has 15 heteroatoms. The number of halogens is 7. The van der Waals surface area contributed by atoms with Gasteiger partial charge in [-0.2, -0.15) is 26.3 Å². The molecule has 2 aromatic carbocycles. The van der Waals surface area contributed by atoms with Crippen molar-refractivity contribution in [2.75, 3.05) is 4.90 Å². The van der Waals surface area contributed by atoms with Crippen LogP contribution in [0.1, 0.15) is 36.8 Å². The SMILES string of the molecule is NC(=O)C(CCC(F)(F)F)C(CCC(F)(F)F)C(=O)N[C@H]1N=C(c2ccccc2)c2ccccc2N(c2ccc(Cl)cn2)C1=O. The Bertz CT molecular complexity index is 1560. The molecule has 2 heterocycles. The Labute approximate surface area is 258 Å². The second kappa shape index (κ2) is 13.7. The summed E-state index contributed by atoms with van der Waals surface area (Å²) in [7, 11) is 0. The predicted octanol–water partition coefficient (Wildman–Crippen LogP) is 6.10. The molecule has 0 fully saturated rings. The van der Waals surface area contributed by atoms with Crippen LogP contribution in [-0.2, 0) is 14.4 Å². The standard InChI is InChI=1S/C30H26ClF6N5O3/c31-18-10-11-23(39-16-18)42-22-9-5-4-8-21(22)24(17-6-2-1-3-7-17)40-26(28(42)45)41-27(44)20(13-15-30(35,36)37)19(25(38)43)12-14-29(32,33)34/h1-11,16,19-20,26H,12-15H2,(H2,38,43)(H,41,44)/t19?,20?,26-/m1/s1. The Morgan fingerprint density at radius 1 is 0.889 bits per heavy atom. The average molecular weight is 654 g/mol. The fourth-order valence-electron chi connectivity index (χ4n) is 4.96. The molecule has 0 radical (unpaired) electrons. The summed E-state index contributed by atoms with van der Waals surface area (Å²) in [5.41, 5.74) is 6.76. The molecule has 1 aromatic heterocycles. The first-order valence-corrected chi connectivity index (χ1v) is 13.9. The molecule has 2 unspecified atom stereocenters. The summed E-state index contributed by atoms with van der Waals surface area (Å²) in [5.74, 6) is -7.39. The van der Waals surface area contributed by atoms with Crippen LogP contribution in [0, 0.1) is 11.8 Å². The van der Waals surface area contributed by atoms with E-state index in [2.05, 4.69) is 15.3 Å². The molecule has 0 aliphatic carbocycles. The van der Waals surface area contributed by atoms with E-state index in [9.17, 15) is 40.7 Å². The molecule has 3 atom stereocenters. The molecule has 0 saturated carbocycles. The van der Waals surface area contributed by atoms with Crippen LogP contribution in [0.15, 0.2) is 77.9 Å². The number of benzodiazepines with no additional fused rings is 1. The maximum absolute atomic E-state index is 14.1. The highest BCUT2D eigenvalue weighted by molar-refractivity contribution is 6.30. The van der Waals surface area contributed by atoms with Crippen LogP contribution in [0.4, 0.5) is 37.8 Å². The van der Waals surface area contributed by atoms with Crippen LogP contribution in [0.25, 0.3) is 0 Å².